The second kappa shape index (κ2) is 5.26. The topological polar surface area (TPSA) is 78.5 Å². The number of hydrogen-bond donors (Lipinski definition) is 3. The van der Waals surface area contributed by atoms with Crippen LogP contribution in [0.5, 0.6) is 0 Å². The molecule has 0 bridgehead atoms. The highest BCUT2D eigenvalue weighted by molar-refractivity contribution is 5.86. The lowest BCUT2D eigenvalue weighted by Gasteiger charge is -2.15. The van der Waals surface area contributed by atoms with Crippen molar-refractivity contribution in [2.24, 2.45) is 5.41 Å². The van der Waals surface area contributed by atoms with Crippen molar-refractivity contribution in [2.75, 3.05) is 23.7 Å². The van der Waals surface area contributed by atoms with Gasteiger partial charge in [-0.05, 0) is 31.1 Å². The zero-order chi connectivity index (χ0) is 14.0. The molecule has 3 N–H and O–H groups in total. The molecule has 108 valence electrons. The number of nitrogens with one attached hydrogen (secondary N) is 3. The molecule has 1 aliphatic carbocycles. The maximum absolute atomic E-state index is 4.58. The number of anilines is 2. The Morgan fingerprint density at radius 1 is 1.25 bits per heavy atom. The van der Waals surface area contributed by atoms with Gasteiger partial charge in [0, 0.05) is 13.1 Å². The summed E-state index contributed by atoms with van der Waals surface area (Å²) in [6, 6.07) is 0. The molecule has 1 saturated carbocycles. The first-order valence-electron chi connectivity index (χ1n) is 7.45. The minimum Gasteiger partial charge on any atom is -0.369 e. The van der Waals surface area contributed by atoms with E-state index < -0.39 is 0 Å². The van der Waals surface area contributed by atoms with Crippen molar-refractivity contribution >= 4 is 22.8 Å². The van der Waals surface area contributed by atoms with Crippen molar-refractivity contribution in [1.29, 1.82) is 0 Å². The van der Waals surface area contributed by atoms with Crippen molar-refractivity contribution in [3.8, 4) is 0 Å². The monoisotopic (exact) mass is 274 g/mol. The fourth-order valence-electron chi connectivity index (χ4n) is 2.39. The van der Waals surface area contributed by atoms with Crippen LogP contribution < -0.4 is 10.6 Å². The quantitative estimate of drug-likeness (QED) is 0.723. The summed E-state index contributed by atoms with van der Waals surface area (Å²) < 4.78 is 0. The highest BCUT2D eigenvalue weighted by atomic mass is 15.2. The third-order valence-electron chi connectivity index (χ3n) is 4.18. The van der Waals surface area contributed by atoms with E-state index >= 15 is 0 Å². The minimum absolute atomic E-state index is 0.484. The van der Waals surface area contributed by atoms with E-state index in [-0.39, 0.29) is 0 Å². The summed E-state index contributed by atoms with van der Waals surface area (Å²) in [6.07, 6.45) is 6.69. The van der Waals surface area contributed by atoms with Crippen LogP contribution in [0.1, 0.15) is 39.5 Å². The first kappa shape index (κ1) is 13.1. The summed E-state index contributed by atoms with van der Waals surface area (Å²) in [5.74, 6) is 1.54. The number of rotatable bonds is 7. The van der Waals surface area contributed by atoms with Crippen molar-refractivity contribution < 1.29 is 0 Å². The second-order valence-electron chi connectivity index (χ2n) is 5.66. The average Bonchev–Trinajstić information content (AvgIpc) is 3.11. The number of aromatic amines is 1. The lowest BCUT2D eigenvalue weighted by Crippen LogP contribution is -2.16. The average molecular weight is 274 g/mol. The molecule has 20 heavy (non-hydrogen) atoms. The number of H-pyrrole nitrogens is 1. The van der Waals surface area contributed by atoms with Crippen LogP contribution >= 0.6 is 0 Å². The highest BCUT2D eigenvalue weighted by Gasteiger charge is 2.40. The van der Waals surface area contributed by atoms with Gasteiger partial charge >= 0.3 is 0 Å². The molecule has 0 amide bonds. The summed E-state index contributed by atoms with van der Waals surface area (Å²) in [4.78, 5) is 9.02. The van der Waals surface area contributed by atoms with Gasteiger partial charge in [0.1, 0.15) is 5.82 Å². The van der Waals surface area contributed by atoms with Gasteiger partial charge < -0.3 is 10.6 Å². The minimum atomic E-state index is 0.484. The largest absolute Gasteiger partial charge is 0.369 e. The Hall–Kier alpha value is -1.85. The predicted octanol–water partition coefficient (Wildman–Crippen LogP) is 2.78. The van der Waals surface area contributed by atoms with E-state index in [1.807, 2.05) is 0 Å². The zero-order valence-corrected chi connectivity index (χ0v) is 12.2. The molecule has 1 fully saturated rings. The maximum atomic E-state index is 4.58. The Morgan fingerprint density at radius 2 is 2.10 bits per heavy atom. The van der Waals surface area contributed by atoms with Crippen molar-refractivity contribution in [3.63, 3.8) is 0 Å². The molecule has 0 atom stereocenters. The molecule has 0 aliphatic heterocycles. The van der Waals surface area contributed by atoms with E-state index in [2.05, 4.69) is 44.6 Å². The van der Waals surface area contributed by atoms with E-state index in [0.717, 1.165) is 36.4 Å². The van der Waals surface area contributed by atoms with Gasteiger partial charge in [-0.2, -0.15) is 15.1 Å². The van der Waals surface area contributed by atoms with Gasteiger partial charge in [0.2, 0.25) is 5.95 Å². The number of fused-ring (bicyclic) bond motifs is 1. The molecule has 0 unspecified atom stereocenters. The third-order valence-corrected chi connectivity index (χ3v) is 4.18. The van der Waals surface area contributed by atoms with Crippen LogP contribution in [-0.2, 0) is 0 Å². The first-order valence-corrected chi connectivity index (χ1v) is 7.45. The van der Waals surface area contributed by atoms with Crippen LogP contribution in [-0.4, -0.2) is 33.3 Å². The molecule has 6 heteroatoms. The maximum Gasteiger partial charge on any atom is 0.226 e. The predicted molar refractivity (Wildman–Crippen MR) is 80.9 cm³/mol. The Labute approximate surface area is 118 Å². The first-order chi connectivity index (χ1) is 9.76. The SMILES string of the molecule is CCCNc1nc(NCC2(CC)CC2)c2cn[nH]c2n1. The Kier molecular flexibility index (Phi) is 3.46. The van der Waals surface area contributed by atoms with Gasteiger partial charge in [-0.1, -0.05) is 13.8 Å². The molecule has 0 saturated heterocycles. The highest BCUT2D eigenvalue weighted by Crippen LogP contribution is 2.48. The Morgan fingerprint density at radius 3 is 2.80 bits per heavy atom. The fourth-order valence-corrected chi connectivity index (χ4v) is 2.39. The summed E-state index contributed by atoms with van der Waals surface area (Å²) in [5.41, 5.74) is 1.26. The van der Waals surface area contributed by atoms with Gasteiger partial charge in [-0.3, -0.25) is 5.10 Å². The molecular weight excluding hydrogens is 252 g/mol. The number of hydrogen-bond acceptors (Lipinski definition) is 5. The van der Waals surface area contributed by atoms with Gasteiger partial charge in [-0.15, -0.1) is 0 Å². The van der Waals surface area contributed by atoms with E-state index in [0.29, 0.717) is 11.4 Å². The van der Waals surface area contributed by atoms with Crippen molar-refractivity contribution in [3.05, 3.63) is 6.20 Å². The normalized spacial score (nSPS) is 16.3. The Balaban J connectivity index is 1.81. The van der Waals surface area contributed by atoms with Gasteiger partial charge in [0.15, 0.2) is 5.65 Å². The lowest BCUT2D eigenvalue weighted by molar-refractivity contribution is 0.521. The lowest BCUT2D eigenvalue weighted by atomic mass is 10.0. The molecule has 0 radical (unpaired) electrons. The number of aromatic nitrogens is 4. The van der Waals surface area contributed by atoms with Crippen molar-refractivity contribution in [2.45, 2.75) is 39.5 Å². The molecule has 2 aromatic rings. The van der Waals surface area contributed by atoms with Crippen LogP contribution in [0.4, 0.5) is 11.8 Å². The summed E-state index contributed by atoms with van der Waals surface area (Å²) in [7, 11) is 0. The van der Waals surface area contributed by atoms with Crippen LogP contribution in [0, 0.1) is 5.41 Å². The molecule has 2 heterocycles. The molecule has 1 aliphatic rings. The van der Waals surface area contributed by atoms with Gasteiger partial charge in [0.25, 0.3) is 0 Å². The fraction of sp³-hybridized carbons (Fsp3) is 0.643. The van der Waals surface area contributed by atoms with Crippen LogP contribution in [0.3, 0.4) is 0 Å². The molecule has 3 rings (SSSR count). The molecule has 2 aromatic heterocycles. The summed E-state index contributed by atoms with van der Waals surface area (Å²) in [5, 5.41) is 14.7. The Bertz CT molecular complexity index is 586. The van der Waals surface area contributed by atoms with E-state index in [4.69, 9.17) is 0 Å². The van der Waals surface area contributed by atoms with E-state index in [1.165, 1.54) is 19.3 Å². The van der Waals surface area contributed by atoms with Crippen LogP contribution in [0.2, 0.25) is 0 Å². The van der Waals surface area contributed by atoms with E-state index in [9.17, 15) is 0 Å². The van der Waals surface area contributed by atoms with Crippen LogP contribution in [0.15, 0.2) is 6.20 Å². The third kappa shape index (κ3) is 2.55. The molecule has 6 nitrogen and oxygen atoms in total. The second-order valence-corrected chi connectivity index (χ2v) is 5.66. The van der Waals surface area contributed by atoms with Gasteiger partial charge in [0.05, 0.1) is 11.6 Å². The van der Waals surface area contributed by atoms with Gasteiger partial charge in [-0.25, -0.2) is 0 Å². The van der Waals surface area contributed by atoms with Crippen LogP contribution in [0.25, 0.3) is 11.0 Å². The summed E-state index contributed by atoms with van der Waals surface area (Å²) in [6.45, 7) is 6.24. The molecule has 0 aromatic carbocycles. The molecular formula is C14H22N6. The smallest absolute Gasteiger partial charge is 0.226 e. The molecule has 0 spiro atoms. The zero-order valence-electron chi connectivity index (χ0n) is 12.2. The number of nitrogens with zero attached hydrogens (tertiary/aromatic N) is 3. The van der Waals surface area contributed by atoms with E-state index in [1.54, 1.807) is 6.20 Å². The summed E-state index contributed by atoms with van der Waals surface area (Å²) >= 11 is 0. The standard InChI is InChI=1S/C14H22N6/c1-3-7-15-13-18-11(10-8-17-20-12(10)19-13)16-9-14(4-2)5-6-14/h8H,3-7,9H2,1-2H3,(H3,15,16,17,18,19,20). The van der Waals surface area contributed by atoms with Crippen molar-refractivity contribution in [1.82, 2.24) is 20.2 Å².